The molecule has 1 heterocycles. The maximum absolute atomic E-state index is 4.04. The molecule has 0 aliphatic carbocycles. The number of hydrogen-bond donors (Lipinski definition) is 2. The van der Waals surface area contributed by atoms with Crippen LogP contribution in [0.25, 0.3) is 6.08 Å². The molecule has 0 saturated carbocycles. The van der Waals surface area contributed by atoms with Crippen molar-refractivity contribution in [3.63, 3.8) is 0 Å². The van der Waals surface area contributed by atoms with Crippen molar-refractivity contribution in [1.29, 1.82) is 0 Å². The van der Waals surface area contributed by atoms with E-state index >= 15 is 0 Å². The maximum atomic E-state index is 4.04. The van der Waals surface area contributed by atoms with Crippen LogP contribution in [0.4, 0.5) is 0 Å². The summed E-state index contributed by atoms with van der Waals surface area (Å²) in [6.07, 6.45) is 6.37. The molecular formula is C17H23N3. The van der Waals surface area contributed by atoms with E-state index in [1.165, 1.54) is 22.4 Å². The van der Waals surface area contributed by atoms with E-state index < -0.39 is 0 Å². The van der Waals surface area contributed by atoms with E-state index in [0.29, 0.717) is 0 Å². The number of rotatable bonds is 7. The summed E-state index contributed by atoms with van der Waals surface area (Å²) in [6, 6.07) is 10.4. The van der Waals surface area contributed by atoms with Crippen LogP contribution in [0, 0.1) is 6.92 Å². The van der Waals surface area contributed by atoms with E-state index in [2.05, 4.69) is 59.7 Å². The Hall–Kier alpha value is -1.87. The molecule has 106 valence electrons. The fraction of sp³-hybridized carbons (Fsp3) is 0.353. The molecule has 3 nitrogen and oxygen atoms in total. The van der Waals surface area contributed by atoms with Gasteiger partial charge >= 0.3 is 0 Å². The molecule has 0 amide bonds. The van der Waals surface area contributed by atoms with Crippen LogP contribution in [0.15, 0.2) is 42.1 Å². The monoisotopic (exact) mass is 269 g/mol. The minimum atomic E-state index is 0.944. The number of nitrogens with one attached hydrogen (secondary N) is 2. The summed E-state index contributed by atoms with van der Waals surface area (Å²) in [6.45, 7) is 6.21. The molecule has 0 spiro atoms. The summed E-state index contributed by atoms with van der Waals surface area (Å²) < 4.78 is 0. The normalized spacial score (nSPS) is 11.8. The zero-order valence-corrected chi connectivity index (χ0v) is 12.3. The van der Waals surface area contributed by atoms with Crippen LogP contribution < -0.4 is 5.32 Å². The van der Waals surface area contributed by atoms with E-state index in [-0.39, 0.29) is 0 Å². The lowest BCUT2D eigenvalue weighted by Gasteiger charge is -2.05. The van der Waals surface area contributed by atoms with Crippen molar-refractivity contribution in [3.8, 4) is 0 Å². The van der Waals surface area contributed by atoms with Crippen LogP contribution in [0.3, 0.4) is 0 Å². The lowest BCUT2D eigenvalue weighted by Crippen LogP contribution is -2.18. The topological polar surface area (TPSA) is 40.7 Å². The molecule has 1 aromatic heterocycles. The van der Waals surface area contributed by atoms with E-state index in [9.17, 15) is 0 Å². The number of aromatic amines is 1. The maximum Gasteiger partial charge on any atom is 0.0522 e. The molecule has 0 fully saturated rings. The zero-order valence-electron chi connectivity index (χ0n) is 12.3. The van der Waals surface area contributed by atoms with Crippen LogP contribution in [0.5, 0.6) is 0 Å². The molecule has 2 rings (SSSR count). The highest BCUT2D eigenvalue weighted by atomic mass is 15.1. The van der Waals surface area contributed by atoms with Crippen molar-refractivity contribution in [2.75, 3.05) is 13.1 Å². The van der Waals surface area contributed by atoms with Crippen molar-refractivity contribution < 1.29 is 0 Å². The van der Waals surface area contributed by atoms with Gasteiger partial charge in [-0.25, -0.2) is 0 Å². The Morgan fingerprint density at radius 3 is 2.80 bits per heavy atom. The average molecular weight is 269 g/mol. The Balaban J connectivity index is 1.66. The third-order valence-corrected chi connectivity index (χ3v) is 3.35. The Bertz CT molecular complexity index is 540. The van der Waals surface area contributed by atoms with Gasteiger partial charge in [-0.1, -0.05) is 42.0 Å². The first-order valence-corrected chi connectivity index (χ1v) is 7.17. The number of aryl methyl sites for hydroxylation is 2. The first-order valence-electron chi connectivity index (χ1n) is 7.17. The smallest absolute Gasteiger partial charge is 0.0522 e. The van der Waals surface area contributed by atoms with Gasteiger partial charge in [-0.2, -0.15) is 5.10 Å². The fourth-order valence-electron chi connectivity index (χ4n) is 2.20. The first-order chi connectivity index (χ1) is 9.75. The summed E-state index contributed by atoms with van der Waals surface area (Å²) in [7, 11) is 0. The zero-order chi connectivity index (χ0) is 14.2. The van der Waals surface area contributed by atoms with Gasteiger partial charge in [0.1, 0.15) is 0 Å². The van der Waals surface area contributed by atoms with Crippen LogP contribution >= 0.6 is 0 Å². The molecule has 0 bridgehead atoms. The lowest BCUT2D eigenvalue weighted by molar-refractivity contribution is 0.681. The minimum Gasteiger partial charge on any atom is -0.313 e. The van der Waals surface area contributed by atoms with Gasteiger partial charge in [0.15, 0.2) is 0 Å². The molecule has 3 heteroatoms. The molecular weight excluding hydrogens is 246 g/mol. The summed E-state index contributed by atoms with van der Waals surface area (Å²) in [5.41, 5.74) is 5.13. The predicted octanol–water partition coefficient (Wildman–Crippen LogP) is 3.34. The molecule has 2 aromatic rings. The number of nitrogens with zero attached hydrogens (tertiary/aromatic N) is 1. The van der Waals surface area contributed by atoms with E-state index in [4.69, 9.17) is 0 Å². The molecule has 20 heavy (non-hydrogen) atoms. The number of hydrogen-bond acceptors (Lipinski definition) is 2. The third-order valence-electron chi connectivity index (χ3n) is 3.35. The van der Waals surface area contributed by atoms with E-state index in [1.807, 2.05) is 12.3 Å². The van der Waals surface area contributed by atoms with E-state index in [0.717, 1.165) is 25.9 Å². The van der Waals surface area contributed by atoms with Crippen molar-refractivity contribution in [1.82, 2.24) is 15.5 Å². The number of aromatic nitrogens is 2. The van der Waals surface area contributed by atoms with Crippen molar-refractivity contribution in [3.05, 3.63) is 58.9 Å². The highest BCUT2D eigenvalue weighted by Crippen LogP contribution is 2.06. The molecule has 0 aliphatic rings. The predicted molar refractivity (Wildman–Crippen MR) is 84.6 cm³/mol. The molecule has 0 atom stereocenters. The van der Waals surface area contributed by atoms with Gasteiger partial charge in [0.25, 0.3) is 0 Å². The Morgan fingerprint density at radius 2 is 2.10 bits per heavy atom. The van der Waals surface area contributed by atoms with Crippen LogP contribution in [-0.4, -0.2) is 23.3 Å². The van der Waals surface area contributed by atoms with E-state index in [1.54, 1.807) is 0 Å². The standard InChI is InChI=1S/C17H23N3/c1-14(11-16-7-4-3-5-8-16)12-18-10-6-9-17-13-19-20-15(17)2/h3-5,7-8,11,13,18H,6,9-10,12H2,1-2H3,(H,19,20)/b14-11-. The summed E-state index contributed by atoms with van der Waals surface area (Å²) in [5, 5.41) is 10.5. The number of H-pyrrole nitrogens is 1. The molecule has 0 unspecified atom stereocenters. The Morgan fingerprint density at radius 1 is 1.30 bits per heavy atom. The molecule has 2 N–H and O–H groups in total. The van der Waals surface area contributed by atoms with Gasteiger partial charge in [-0.05, 0) is 44.4 Å². The van der Waals surface area contributed by atoms with Crippen LogP contribution in [-0.2, 0) is 6.42 Å². The molecule has 0 saturated heterocycles. The van der Waals surface area contributed by atoms with Gasteiger partial charge in [0.05, 0.1) is 6.20 Å². The number of benzene rings is 1. The van der Waals surface area contributed by atoms with Gasteiger partial charge in [0, 0.05) is 12.2 Å². The summed E-state index contributed by atoms with van der Waals surface area (Å²) in [5.74, 6) is 0. The van der Waals surface area contributed by atoms with Crippen molar-refractivity contribution in [2.45, 2.75) is 26.7 Å². The van der Waals surface area contributed by atoms with Gasteiger partial charge < -0.3 is 5.32 Å². The van der Waals surface area contributed by atoms with Crippen LogP contribution in [0.2, 0.25) is 0 Å². The largest absolute Gasteiger partial charge is 0.313 e. The summed E-state index contributed by atoms with van der Waals surface area (Å²) >= 11 is 0. The Kier molecular flexibility index (Phi) is 5.56. The highest BCUT2D eigenvalue weighted by molar-refractivity contribution is 5.52. The average Bonchev–Trinajstić information content (AvgIpc) is 2.85. The summed E-state index contributed by atoms with van der Waals surface area (Å²) in [4.78, 5) is 0. The second-order valence-corrected chi connectivity index (χ2v) is 5.20. The van der Waals surface area contributed by atoms with Gasteiger partial charge in [-0.3, -0.25) is 5.10 Å². The van der Waals surface area contributed by atoms with Crippen LogP contribution in [0.1, 0.15) is 30.2 Å². The molecule has 0 aliphatic heterocycles. The van der Waals surface area contributed by atoms with Gasteiger partial charge in [-0.15, -0.1) is 0 Å². The second kappa shape index (κ2) is 7.65. The third kappa shape index (κ3) is 4.67. The van der Waals surface area contributed by atoms with Gasteiger partial charge in [0.2, 0.25) is 0 Å². The molecule has 1 aromatic carbocycles. The second-order valence-electron chi connectivity index (χ2n) is 5.20. The fourth-order valence-corrected chi connectivity index (χ4v) is 2.20. The Labute approximate surface area is 121 Å². The minimum absolute atomic E-state index is 0.944. The molecule has 0 radical (unpaired) electrons. The highest BCUT2D eigenvalue weighted by Gasteiger charge is 1.99. The first kappa shape index (κ1) is 14.5. The quantitative estimate of drug-likeness (QED) is 0.757. The van der Waals surface area contributed by atoms with Crippen molar-refractivity contribution in [2.24, 2.45) is 0 Å². The lowest BCUT2D eigenvalue weighted by atomic mass is 10.1. The van der Waals surface area contributed by atoms with Crippen molar-refractivity contribution >= 4 is 6.08 Å². The SMILES string of the molecule is C/C(=C/c1ccccc1)CNCCCc1cn[nH]c1C.